The summed E-state index contributed by atoms with van der Waals surface area (Å²) in [6, 6.07) is 13.5. The Bertz CT molecular complexity index is 1160. The Balaban J connectivity index is 1.76. The molecule has 0 fully saturated rings. The molecule has 166 valence electrons. The van der Waals surface area contributed by atoms with E-state index in [1.54, 1.807) is 19.1 Å². The molecular weight excluding hydrogens is 445 g/mol. The van der Waals surface area contributed by atoms with Crippen LogP contribution in [-0.4, -0.2) is 16.9 Å². The second-order valence-corrected chi connectivity index (χ2v) is 7.26. The number of nitrogens with one attached hydrogen (secondary N) is 2. The average molecular weight is 463 g/mol. The summed E-state index contributed by atoms with van der Waals surface area (Å²) >= 11 is 6.02. The number of amides is 2. The Morgan fingerprint density at radius 3 is 2.25 bits per heavy atom. The largest absolute Gasteiger partial charge is 0.506 e. The fourth-order valence-electron chi connectivity index (χ4n) is 2.88. The van der Waals surface area contributed by atoms with Crippen LogP contribution in [0.15, 0.2) is 60.7 Å². The van der Waals surface area contributed by atoms with Gasteiger partial charge in [0.2, 0.25) is 5.91 Å². The Morgan fingerprint density at radius 2 is 1.66 bits per heavy atom. The average Bonchev–Trinajstić information content (AvgIpc) is 2.75. The second kappa shape index (κ2) is 9.32. The van der Waals surface area contributed by atoms with Crippen molar-refractivity contribution in [2.75, 3.05) is 10.6 Å². The van der Waals surface area contributed by atoms with Crippen molar-refractivity contribution in [3.8, 4) is 16.9 Å². The molecule has 5 nitrogen and oxygen atoms in total. The standard InChI is InChI=1S/C23H18ClF3N2O3/c1-2-21(31)29-19-12-16(8-10-20(19)30)28-22(32)14-5-3-13(4-6-14)17-9-7-15(11-18(17)24)23(25,26)27/h3-12,30H,2H2,1H3,(H,28,32)(H,29,31). The van der Waals surface area contributed by atoms with Crippen LogP contribution in [0.2, 0.25) is 5.02 Å². The van der Waals surface area contributed by atoms with Gasteiger partial charge in [-0.25, -0.2) is 0 Å². The van der Waals surface area contributed by atoms with Crippen LogP contribution in [0.1, 0.15) is 29.3 Å². The van der Waals surface area contributed by atoms with Gasteiger partial charge in [-0.05, 0) is 48.0 Å². The Kier molecular flexibility index (Phi) is 6.74. The SMILES string of the molecule is CCC(=O)Nc1cc(NC(=O)c2ccc(-c3ccc(C(F)(F)F)cc3Cl)cc2)ccc1O. The van der Waals surface area contributed by atoms with E-state index in [-0.39, 0.29) is 28.8 Å². The smallest absolute Gasteiger partial charge is 0.416 e. The summed E-state index contributed by atoms with van der Waals surface area (Å²) in [6.07, 6.45) is -4.26. The van der Waals surface area contributed by atoms with Crippen LogP contribution in [0.4, 0.5) is 24.5 Å². The van der Waals surface area contributed by atoms with Gasteiger partial charge in [-0.1, -0.05) is 36.7 Å². The van der Waals surface area contributed by atoms with Crippen LogP contribution >= 0.6 is 11.6 Å². The number of alkyl halides is 3. The van der Waals surface area contributed by atoms with E-state index >= 15 is 0 Å². The highest BCUT2D eigenvalue weighted by Crippen LogP contribution is 2.35. The molecule has 0 spiro atoms. The number of phenols is 1. The monoisotopic (exact) mass is 462 g/mol. The number of hydrogen-bond donors (Lipinski definition) is 3. The number of anilines is 2. The van der Waals surface area contributed by atoms with E-state index in [1.807, 2.05) is 0 Å². The molecule has 3 N–H and O–H groups in total. The van der Waals surface area contributed by atoms with Gasteiger partial charge in [-0.15, -0.1) is 0 Å². The van der Waals surface area contributed by atoms with Crippen LogP contribution in [0.5, 0.6) is 5.75 Å². The lowest BCUT2D eigenvalue weighted by Gasteiger charge is -2.12. The molecule has 0 saturated carbocycles. The van der Waals surface area contributed by atoms with E-state index in [2.05, 4.69) is 10.6 Å². The highest BCUT2D eigenvalue weighted by Gasteiger charge is 2.30. The van der Waals surface area contributed by atoms with Gasteiger partial charge in [0.05, 0.1) is 11.3 Å². The molecule has 0 saturated heterocycles. The van der Waals surface area contributed by atoms with Crippen molar-refractivity contribution >= 4 is 34.8 Å². The van der Waals surface area contributed by atoms with Crippen LogP contribution in [0, 0.1) is 0 Å². The maximum absolute atomic E-state index is 12.8. The second-order valence-electron chi connectivity index (χ2n) is 6.86. The quantitative estimate of drug-likeness (QED) is 0.306. The summed E-state index contributed by atoms with van der Waals surface area (Å²) in [7, 11) is 0. The molecule has 0 unspecified atom stereocenters. The Hall–Kier alpha value is -3.52. The number of aromatic hydroxyl groups is 1. The number of benzene rings is 3. The summed E-state index contributed by atoms with van der Waals surface area (Å²) in [5.74, 6) is -0.877. The first-order valence-corrected chi connectivity index (χ1v) is 9.87. The summed E-state index contributed by atoms with van der Waals surface area (Å²) in [5, 5.41) is 15.0. The number of hydrogen-bond acceptors (Lipinski definition) is 3. The first-order chi connectivity index (χ1) is 15.1. The molecule has 0 radical (unpaired) electrons. The number of rotatable bonds is 5. The molecule has 2 amide bonds. The molecule has 0 bridgehead atoms. The molecule has 0 aliphatic carbocycles. The summed E-state index contributed by atoms with van der Waals surface area (Å²) < 4.78 is 38.4. The number of halogens is 4. The van der Waals surface area contributed by atoms with Crippen molar-refractivity contribution in [3.05, 3.63) is 76.8 Å². The molecule has 3 rings (SSSR count). The zero-order valence-electron chi connectivity index (χ0n) is 16.8. The minimum Gasteiger partial charge on any atom is -0.506 e. The van der Waals surface area contributed by atoms with Crippen molar-refractivity contribution in [2.24, 2.45) is 0 Å². The molecule has 3 aromatic rings. The van der Waals surface area contributed by atoms with Gasteiger partial charge in [0.1, 0.15) is 5.75 Å². The van der Waals surface area contributed by atoms with E-state index in [0.717, 1.165) is 12.1 Å². The minimum absolute atomic E-state index is 0.0530. The molecule has 9 heteroatoms. The van der Waals surface area contributed by atoms with Gasteiger partial charge in [0, 0.05) is 28.3 Å². The Morgan fingerprint density at radius 1 is 0.969 bits per heavy atom. The van der Waals surface area contributed by atoms with E-state index in [0.29, 0.717) is 22.4 Å². The predicted molar refractivity (Wildman–Crippen MR) is 117 cm³/mol. The molecule has 0 aromatic heterocycles. The van der Waals surface area contributed by atoms with E-state index in [4.69, 9.17) is 11.6 Å². The van der Waals surface area contributed by atoms with Crippen LogP contribution in [0.25, 0.3) is 11.1 Å². The van der Waals surface area contributed by atoms with Crippen LogP contribution in [0.3, 0.4) is 0 Å². The lowest BCUT2D eigenvalue weighted by molar-refractivity contribution is -0.137. The highest BCUT2D eigenvalue weighted by atomic mass is 35.5. The van der Waals surface area contributed by atoms with Gasteiger partial charge in [-0.3, -0.25) is 9.59 Å². The maximum Gasteiger partial charge on any atom is 0.416 e. The van der Waals surface area contributed by atoms with E-state index in [1.165, 1.54) is 36.4 Å². The molecule has 0 aliphatic heterocycles. The first kappa shape index (κ1) is 23.1. The van der Waals surface area contributed by atoms with Crippen molar-refractivity contribution in [1.29, 1.82) is 0 Å². The zero-order chi connectivity index (χ0) is 23.5. The number of phenolic OH excluding ortho intramolecular Hbond substituents is 1. The molecule has 0 atom stereocenters. The van der Waals surface area contributed by atoms with Gasteiger partial charge in [0.15, 0.2) is 0 Å². The van der Waals surface area contributed by atoms with Crippen molar-refractivity contribution < 1.29 is 27.9 Å². The summed E-state index contributed by atoms with van der Waals surface area (Å²) in [5.41, 5.74) is 0.932. The third kappa shape index (κ3) is 5.39. The highest BCUT2D eigenvalue weighted by molar-refractivity contribution is 6.33. The first-order valence-electron chi connectivity index (χ1n) is 9.50. The molecule has 0 heterocycles. The van der Waals surface area contributed by atoms with Gasteiger partial charge >= 0.3 is 6.18 Å². The third-order valence-electron chi connectivity index (χ3n) is 4.60. The maximum atomic E-state index is 12.8. The van der Waals surface area contributed by atoms with Crippen molar-refractivity contribution in [1.82, 2.24) is 0 Å². The summed E-state index contributed by atoms with van der Waals surface area (Å²) in [6.45, 7) is 1.67. The Labute approximate surface area is 186 Å². The number of carbonyl (C=O) groups is 2. The topological polar surface area (TPSA) is 78.4 Å². The lowest BCUT2D eigenvalue weighted by atomic mass is 10.0. The normalized spacial score (nSPS) is 11.2. The third-order valence-corrected chi connectivity index (χ3v) is 4.92. The summed E-state index contributed by atoms with van der Waals surface area (Å²) in [4.78, 5) is 24.1. The van der Waals surface area contributed by atoms with Gasteiger partial charge in [0.25, 0.3) is 5.91 Å². The fourth-order valence-corrected chi connectivity index (χ4v) is 3.17. The van der Waals surface area contributed by atoms with Crippen LogP contribution < -0.4 is 10.6 Å². The number of carbonyl (C=O) groups excluding carboxylic acids is 2. The van der Waals surface area contributed by atoms with Crippen LogP contribution in [-0.2, 0) is 11.0 Å². The molecule has 3 aromatic carbocycles. The minimum atomic E-state index is -4.49. The van der Waals surface area contributed by atoms with Gasteiger partial charge in [-0.2, -0.15) is 13.2 Å². The fraction of sp³-hybridized carbons (Fsp3) is 0.130. The van der Waals surface area contributed by atoms with Crippen molar-refractivity contribution in [2.45, 2.75) is 19.5 Å². The van der Waals surface area contributed by atoms with Gasteiger partial charge < -0.3 is 15.7 Å². The molecular formula is C23H18ClF3N2O3. The van der Waals surface area contributed by atoms with Crippen molar-refractivity contribution in [3.63, 3.8) is 0 Å². The predicted octanol–water partition coefficient (Wildman–Crippen LogP) is 6.33. The zero-order valence-corrected chi connectivity index (χ0v) is 17.5. The molecule has 0 aliphatic rings. The lowest BCUT2D eigenvalue weighted by Crippen LogP contribution is -2.13. The van der Waals surface area contributed by atoms with E-state index < -0.39 is 17.6 Å². The molecule has 32 heavy (non-hydrogen) atoms. The van der Waals surface area contributed by atoms with E-state index in [9.17, 15) is 27.9 Å².